The summed E-state index contributed by atoms with van der Waals surface area (Å²) in [7, 11) is 1.49. The fraction of sp³-hybridized carbons (Fsp3) is 0.364. The fourth-order valence-electron chi connectivity index (χ4n) is 1.66. The molecule has 0 radical (unpaired) electrons. The lowest BCUT2D eigenvalue weighted by Crippen LogP contribution is -2.14. The lowest BCUT2D eigenvalue weighted by atomic mass is 10.0. The number of benzene rings is 1. The number of hydrogen-bond donors (Lipinski definition) is 2. The third-order valence-corrected chi connectivity index (χ3v) is 3.14. The molecule has 88 valence electrons. The minimum atomic E-state index is -0.531. The molecule has 0 fully saturated rings. The summed E-state index contributed by atoms with van der Waals surface area (Å²) in [5.74, 6) is -0.0599. The average molecular weight is 288 g/mol. The van der Waals surface area contributed by atoms with Crippen LogP contribution in [0.2, 0.25) is 0 Å². The first-order chi connectivity index (χ1) is 7.52. The van der Waals surface area contributed by atoms with Gasteiger partial charge in [-0.3, -0.25) is 4.79 Å². The monoisotopic (exact) mass is 287 g/mol. The zero-order chi connectivity index (χ0) is 12.3. The molecule has 0 aliphatic carbocycles. The number of halogens is 1. The van der Waals surface area contributed by atoms with Gasteiger partial charge in [-0.15, -0.1) is 0 Å². The van der Waals surface area contributed by atoms with Gasteiger partial charge in [0.05, 0.1) is 12.7 Å². The van der Waals surface area contributed by atoms with Crippen molar-refractivity contribution in [2.75, 3.05) is 13.7 Å². The van der Waals surface area contributed by atoms with Crippen LogP contribution in [0.25, 0.3) is 0 Å². The van der Waals surface area contributed by atoms with Crippen LogP contribution in [0.4, 0.5) is 0 Å². The van der Waals surface area contributed by atoms with E-state index in [1.807, 2.05) is 6.92 Å². The summed E-state index contributed by atoms with van der Waals surface area (Å²) in [6.45, 7) is 1.87. The normalized spacial score (nSPS) is 10.2. The second kappa shape index (κ2) is 5.32. The molecule has 0 aliphatic rings. The van der Waals surface area contributed by atoms with E-state index in [0.717, 1.165) is 15.6 Å². The molecule has 0 bridgehead atoms. The van der Waals surface area contributed by atoms with Crippen LogP contribution in [0.1, 0.15) is 21.5 Å². The highest BCUT2D eigenvalue weighted by molar-refractivity contribution is 9.10. The molecule has 0 spiro atoms. The average Bonchev–Trinajstić information content (AvgIpc) is 2.23. The van der Waals surface area contributed by atoms with E-state index in [0.29, 0.717) is 17.7 Å². The standard InChI is InChI=1S/C11H14BrNO3/c1-6-7(3-4-14)9(12)5-8(11(13)15)10(6)16-2/h5,14H,3-4H2,1-2H3,(H2,13,15). The van der Waals surface area contributed by atoms with Crippen molar-refractivity contribution >= 4 is 21.8 Å². The SMILES string of the molecule is COc1c(C(N)=O)cc(Br)c(CCO)c1C. The maximum Gasteiger partial charge on any atom is 0.252 e. The number of carbonyl (C=O) groups excluding carboxylic acids is 1. The number of aliphatic hydroxyl groups excluding tert-OH is 1. The van der Waals surface area contributed by atoms with Crippen molar-refractivity contribution < 1.29 is 14.6 Å². The molecule has 0 unspecified atom stereocenters. The summed E-state index contributed by atoms with van der Waals surface area (Å²) in [5.41, 5.74) is 7.34. The van der Waals surface area contributed by atoms with Crippen LogP contribution in [-0.4, -0.2) is 24.7 Å². The van der Waals surface area contributed by atoms with Crippen LogP contribution in [-0.2, 0) is 6.42 Å². The number of methoxy groups -OCH3 is 1. The number of nitrogens with two attached hydrogens (primary N) is 1. The van der Waals surface area contributed by atoms with E-state index in [1.165, 1.54) is 7.11 Å². The summed E-state index contributed by atoms with van der Waals surface area (Å²) in [6, 6.07) is 1.62. The van der Waals surface area contributed by atoms with Crippen molar-refractivity contribution in [2.24, 2.45) is 5.73 Å². The third kappa shape index (κ3) is 2.36. The van der Waals surface area contributed by atoms with Crippen LogP contribution >= 0.6 is 15.9 Å². The van der Waals surface area contributed by atoms with Crippen LogP contribution < -0.4 is 10.5 Å². The van der Waals surface area contributed by atoms with Crippen LogP contribution in [0.5, 0.6) is 5.75 Å². The van der Waals surface area contributed by atoms with E-state index >= 15 is 0 Å². The van der Waals surface area contributed by atoms with Gasteiger partial charge in [0.25, 0.3) is 5.91 Å². The van der Waals surface area contributed by atoms with Gasteiger partial charge in [0.1, 0.15) is 5.75 Å². The molecule has 0 saturated heterocycles. The summed E-state index contributed by atoms with van der Waals surface area (Å²) in [5, 5.41) is 8.96. The highest BCUT2D eigenvalue weighted by Crippen LogP contribution is 2.32. The Kier molecular flexibility index (Phi) is 4.32. The molecule has 5 heteroatoms. The van der Waals surface area contributed by atoms with Crippen molar-refractivity contribution in [3.63, 3.8) is 0 Å². The summed E-state index contributed by atoms with van der Waals surface area (Å²) < 4.78 is 5.93. The quantitative estimate of drug-likeness (QED) is 0.879. The summed E-state index contributed by atoms with van der Waals surface area (Å²) in [6.07, 6.45) is 0.502. The largest absolute Gasteiger partial charge is 0.496 e. The minimum absolute atomic E-state index is 0.0402. The van der Waals surface area contributed by atoms with Crippen molar-refractivity contribution in [3.05, 3.63) is 27.2 Å². The second-order valence-corrected chi connectivity index (χ2v) is 4.23. The molecule has 1 amide bonds. The molecular weight excluding hydrogens is 274 g/mol. The highest BCUT2D eigenvalue weighted by Gasteiger charge is 2.17. The highest BCUT2D eigenvalue weighted by atomic mass is 79.9. The van der Waals surface area contributed by atoms with Gasteiger partial charge in [-0.25, -0.2) is 0 Å². The Morgan fingerprint density at radius 3 is 2.69 bits per heavy atom. The molecule has 0 atom stereocenters. The Morgan fingerprint density at radius 1 is 1.62 bits per heavy atom. The number of ether oxygens (including phenoxy) is 1. The summed E-state index contributed by atoms with van der Waals surface area (Å²) in [4.78, 5) is 11.2. The minimum Gasteiger partial charge on any atom is -0.496 e. The van der Waals surface area contributed by atoms with Gasteiger partial charge in [-0.05, 0) is 30.5 Å². The molecule has 1 aromatic rings. The number of aliphatic hydroxyl groups is 1. The zero-order valence-electron chi connectivity index (χ0n) is 9.21. The lowest BCUT2D eigenvalue weighted by molar-refractivity contribution is 0.0997. The second-order valence-electron chi connectivity index (χ2n) is 3.38. The van der Waals surface area contributed by atoms with Gasteiger partial charge in [0.15, 0.2) is 0 Å². The maximum atomic E-state index is 11.2. The van der Waals surface area contributed by atoms with Crippen LogP contribution in [0.3, 0.4) is 0 Å². The third-order valence-electron chi connectivity index (χ3n) is 2.43. The summed E-state index contributed by atoms with van der Waals surface area (Å²) >= 11 is 3.36. The Balaban J connectivity index is 3.43. The van der Waals surface area contributed by atoms with Crippen molar-refractivity contribution in [1.82, 2.24) is 0 Å². The molecule has 0 saturated carbocycles. The lowest BCUT2D eigenvalue weighted by Gasteiger charge is -2.15. The van der Waals surface area contributed by atoms with E-state index in [2.05, 4.69) is 15.9 Å². The fourth-order valence-corrected chi connectivity index (χ4v) is 2.39. The Morgan fingerprint density at radius 2 is 2.25 bits per heavy atom. The molecule has 0 aromatic heterocycles. The van der Waals surface area contributed by atoms with Gasteiger partial charge >= 0.3 is 0 Å². The van der Waals surface area contributed by atoms with Gasteiger partial charge in [0, 0.05) is 11.1 Å². The first-order valence-electron chi connectivity index (χ1n) is 4.79. The number of hydrogen-bond acceptors (Lipinski definition) is 3. The van der Waals surface area contributed by atoms with E-state index in [1.54, 1.807) is 6.07 Å². The van der Waals surface area contributed by atoms with Gasteiger partial charge in [-0.1, -0.05) is 15.9 Å². The Bertz CT molecular complexity index is 418. The van der Waals surface area contributed by atoms with E-state index in [4.69, 9.17) is 15.6 Å². The van der Waals surface area contributed by atoms with Gasteiger partial charge in [0.2, 0.25) is 0 Å². The molecule has 0 heterocycles. The molecule has 4 nitrogen and oxygen atoms in total. The van der Waals surface area contributed by atoms with Crippen molar-refractivity contribution in [3.8, 4) is 5.75 Å². The van der Waals surface area contributed by atoms with Crippen molar-refractivity contribution in [1.29, 1.82) is 0 Å². The Labute approximate surface area is 103 Å². The van der Waals surface area contributed by atoms with Gasteiger partial charge < -0.3 is 15.6 Å². The predicted molar refractivity (Wildman–Crippen MR) is 64.7 cm³/mol. The molecule has 16 heavy (non-hydrogen) atoms. The van der Waals surface area contributed by atoms with Crippen LogP contribution in [0, 0.1) is 6.92 Å². The number of carbonyl (C=O) groups is 1. The van der Waals surface area contributed by atoms with Gasteiger partial charge in [-0.2, -0.15) is 0 Å². The molecule has 1 aromatic carbocycles. The number of rotatable bonds is 4. The molecule has 0 aliphatic heterocycles. The first-order valence-corrected chi connectivity index (χ1v) is 5.58. The zero-order valence-corrected chi connectivity index (χ0v) is 10.8. The molecule has 3 N–H and O–H groups in total. The van der Waals surface area contributed by atoms with E-state index in [-0.39, 0.29) is 6.61 Å². The number of amides is 1. The van der Waals surface area contributed by atoms with Crippen LogP contribution in [0.15, 0.2) is 10.5 Å². The first kappa shape index (κ1) is 13.0. The number of primary amides is 1. The predicted octanol–water partition coefficient (Wildman–Crippen LogP) is 1.40. The maximum absolute atomic E-state index is 11.2. The van der Waals surface area contributed by atoms with E-state index < -0.39 is 5.91 Å². The molecule has 1 rings (SSSR count). The van der Waals surface area contributed by atoms with Crippen molar-refractivity contribution in [2.45, 2.75) is 13.3 Å². The Hall–Kier alpha value is -1.07. The topological polar surface area (TPSA) is 72.5 Å². The van der Waals surface area contributed by atoms with E-state index in [9.17, 15) is 4.79 Å². The smallest absolute Gasteiger partial charge is 0.252 e. The molecular formula is C11H14BrNO3.